The van der Waals surface area contributed by atoms with Gasteiger partial charge in [0.2, 0.25) is 0 Å². The highest BCUT2D eigenvalue weighted by Gasteiger charge is 2.49. The molecule has 3 saturated heterocycles. The normalized spacial score (nSPS) is 35.2. The summed E-state index contributed by atoms with van der Waals surface area (Å²) in [5, 5.41) is 5.02. The van der Waals surface area contributed by atoms with E-state index >= 15 is 0 Å². The molecule has 5 heteroatoms. The topological polar surface area (TPSA) is 27.6 Å². The van der Waals surface area contributed by atoms with E-state index in [9.17, 15) is 0 Å². The van der Waals surface area contributed by atoms with Crippen molar-refractivity contribution in [2.24, 2.45) is 10.9 Å². The minimum absolute atomic E-state index is 0.140. The van der Waals surface area contributed by atoms with Gasteiger partial charge < -0.3 is 10.2 Å². The van der Waals surface area contributed by atoms with E-state index in [1.807, 2.05) is 12.1 Å². The molecule has 0 saturated carbocycles. The van der Waals surface area contributed by atoms with Gasteiger partial charge in [0.1, 0.15) is 5.84 Å². The standard InChI is InChI=1S/C15H17Cl2N3/c16-12-5-10(6-13(17)7-12)14-18-8-15(19-14)9-20-3-1-11(15)2-4-20/h5-7,11H,1-4,8-9H2,(H,18,19). The molecule has 1 atom stereocenters. The predicted octanol–water partition coefficient (Wildman–Crippen LogP) is 2.81. The van der Waals surface area contributed by atoms with Crippen LogP contribution in [0.3, 0.4) is 0 Å². The molecule has 0 radical (unpaired) electrons. The molecule has 20 heavy (non-hydrogen) atoms. The molecular formula is C15H17Cl2N3. The lowest BCUT2D eigenvalue weighted by Crippen LogP contribution is -2.66. The third kappa shape index (κ3) is 2.03. The highest BCUT2D eigenvalue weighted by Crippen LogP contribution is 2.38. The van der Waals surface area contributed by atoms with Crippen molar-refractivity contribution < 1.29 is 0 Å². The van der Waals surface area contributed by atoms with E-state index in [0.717, 1.165) is 30.4 Å². The molecule has 1 spiro atoms. The average Bonchev–Trinajstić information content (AvgIpc) is 2.83. The van der Waals surface area contributed by atoms with Gasteiger partial charge in [-0.05, 0) is 50.0 Å². The first-order valence-corrected chi connectivity index (χ1v) is 7.92. The summed E-state index contributed by atoms with van der Waals surface area (Å²) in [4.78, 5) is 7.30. The van der Waals surface area contributed by atoms with Gasteiger partial charge in [0, 0.05) is 22.2 Å². The SMILES string of the molecule is Clc1cc(Cl)cc(C2=NCC3(CN4CCC3CC4)N2)c1. The molecule has 4 aliphatic heterocycles. The zero-order valence-electron chi connectivity index (χ0n) is 11.2. The summed E-state index contributed by atoms with van der Waals surface area (Å²) in [5.74, 6) is 1.69. The summed E-state index contributed by atoms with van der Waals surface area (Å²) < 4.78 is 0. The number of hydrogen-bond acceptors (Lipinski definition) is 3. The zero-order chi connectivity index (χ0) is 13.7. The predicted molar refractivity (Wildman–Crippen MR) is 82.9 cm³/mol. The van der Waals surface area contributed by atoms with Gasteiger partial charge in [-0.1, -0.05) is 23.2 Å². The number of halogens is 2. The van der Waals surface area contributed by atoms with Crippen LogP contribution in [-0.4, -0.2) is 42.5 Å². The van der Waals surface area contributed by atoms with Crippen LogP contribution in [0.15, 0.2) is 23.2 Å². The van der Waals surface area contributed by atoms with E-state index < -0.39 is 0 Å². The molecule has 1 N–H and O–H groups in total. The van der Waals surface area contributed by atoms with Gasteiger partial charge in [0.05, 0.1) is 12.1 Å². The fourth-order valence-corrected chi connectivity index (χ4v) is 4.41. The van der Waals surface area contributed by atoms with Crippen LogP contribution < -0.4 is 5.32 Å². The molecule has 1 aromatic rings. The van der Waals surface area contributed by atoms with Crippen molar-refractivity contribution >= 4 is 29.0 Å². The van der Waals surface area contributed by atoms with Crippen molar-refractivity contribution in [3.63, 3.8) is 0 Å². The van der Waals surface area contributed by atoms with Crippen LogP contribution >= 0.6 is 23.2 Å². The van der Waals surface area contributed by atoms with E-state index in [0.29, 0.717) is 10.0 Å². The van der Waals surface area contributed by atoms with Gasteiger partial charge in [-0.25, -0.2) is 0 Å². The Hall–Kier alpha value is -0.770. The van der Waals surface area contributed by atoms with Crippen molar-refractivity contribution in [2.75, 3.05) is 26.2 Å². The van der Waals surface area contributed by atoms with Crippen molar-refractivity contribution in [1.82, 2.24) is 10.2 Å². The van der Waals surface area contributed by atoms with Gasteiger partial charge in [0.15, 0.2) is 0 Å². The van der Waals surface area contributed by atoms with E-state index in [-0.39, 0.29) is 5.54 Å². The van der Waals surface area contributed by atoms with Crippen LogP contribution in [0.4, 0.5) is 0 Å². The molecule has 0 amide bonds. The van der Waals surface area contributed by atoms with Gasteiger partial charge in [0.25, 0.3) is 0 Å². The van der Waals surface area contributed by atoms with Crippen molar-refractivity contribution in [3.8, 4) is 0 Å². The second-order valence-electron chi connectivity index (χ2n) is 6.15. The summed E-state index contributed by atoms with van der Waals surface area (Å²) >= 11 is 12.2. The Bertz CT molecular complexity index is 558. The number of nitrogens with zero attached hydrogens (tertiary/aromatic N) is 2. The number of rotatable bonds is 1. The van der Waals surface area contributed by atoms with Gasteiger partial charge in [-0.3, -0.25) is 4.99 Å². The molecule has 2 bridgehead atoms. The number of benzene rings is 1. The molecule has 106 valence electrons. The zero-order valence-corrected chi connectivity index (χ0v) is 12.7. The summed E-state index contributed by atoms with van der Waals surface area (Å²) in [5.41, 5.74) is 1.14. The number of hydrogen-bond donors (Lipinski definition) is 1. The number of aliphatic imine (C=N–C) groups is 1. The van der Waals surface area contributed by atoms with Gasteiger partial charge in [-0.15, -0.1) is 0 Å². The molecule has 1 aromatic carbocycles. The quantitative estimate of drug-likeness (QED) is 0.864. The largest absolute Gasteiger partial charge is 0.361 e. The highest BCUT2D eigenvalue weighted by atomic mass is 35.5. The molecular weight excluding hydrogens is 293 g/mol. The maximum absolute atomic E-state index is 6.09. The van der Waals surface area contributed by atoms with Gasteiger partial charge in [-0.2, -0.15) is 0 Å². The van der Waals surface area contributed by atoms with E-state index in [2.05, 4.69) is 10.2 Å². The fraction of sp³-hybridized carbons (Fsp3) is 0.533. The Kier molecular flexibility index (Phi) is 2.99. The number of amidine groups is 1. The van der Waals surface area contributed by atoms with E-state index in [1.54, 1.807) is 6.07 Å². The molecule has 1 unspecified atom stereocenters. The minimum atomic E-state index is 0.140. The molecule has 3 fully saturated rings. The van der Waals surface area contributed by atoms with Crippen LogP contribution in [-0.2, 0) is 0 Å². The van der Waals surface area contributed by atoms with Gasteiger partial charge >= 0.3 is 0 Å². The molecule has 5 rings (SSSR count). The average molecular weight is 310 g/mol. The van der Waals surface area contributed by atoms with Crippen LogP contribution in [0.2, 0.25) is 10.0 Å². The second-order valence-corrected chi connectivity index (χ2v) is 7.03. The lowest BCUT2D eigenvalue weighted by molar-refractivity contribution is 0.0271. The van der Waals surface area contributed by atoms with Crippen LogP contribution in [0.1, 0.15) is 18.4 Å². The fourth-order valence-electron chi connectivity index (χ4n) is 3.88. The first kappa shape index (κ1) is 12.9. The molecule has 3 nitrogen and oxygen atoms in total. The third-order valence-corrected chi connectivity index (χ3v) is 5.33. The van der Waals surface area contributed by atoms with Crippen molar-refractivity contribution in [2.45, 2.75) is 18.4 Å². The second kappa shape index (κ2) is 4.62. The summed E-state index contributed by atoms with van der Waals surface area (Å²) in [6.45, 7) is 4.46. The maximum Gasteiger partial charge on any atom is 0.129 e. The lowest BCUT2D eigenvalue weighted by atomic mass is 9.73. The molecule has 0 aliphatic carbocycles. The highest BCUT2D eigenvalue weighted by molar-refractivity contribution is 6.35. The van der Waals surface area contributed by atoms with E-state index in [1.165, 1.54) is 25.9 Å². The number of piperidine rings is 3. The van der Waals surface area contributed by atoms with Crippen molar-refractivity contribution in [1.29, 1.82) is 0 Å². The Morgan fingerprint density at radius 1 is 1.15 bits per heavy atom. The molecule has 4 heterocycles. The van der Waals surface area contributed by atoms with E-state index in [4.69, 9.17) is 28.2 Å². The maximum atomic E-state index is 6.09. The minimum Gasteiger partial charge on any atom is -0.361 e. The number of nitrogens with one attached hydrogen (secondary N) is 1. The van der Waals surface area contributed by atoms with Crippen LogP contribution in [0.25, 0.3) is 0 Å². The van der Waals surface area contributed by atoms with Crippen LogP contribution in [0, 0.1) is 5.92 Å². The third-order valence-electron chi connectivity index (χ3n) is 4.90. The summed E-state index contributed by atoms with van der Waals surface area (Å²) in [6.07, 6.45) is 2.57. The monoisotopic (exact) mass is 309 g/mol. The first-order chi connectivity index (χ1) is 9.64. The summed E-state index contributed by atoms with van der Waals surface area (Å²) in [7, 11) is 0. The Labute approximate surface area is 129 Å². The Balaban J connectivity index is 1.61. The Morgan fingerprint density at radius 2 is 1.85 bits per heavy atom. The lowest BCUT2D eigenvalue weighted by Gasteiger charge is -2.51. The van der Waals surface area contributed by atoms with Crippen molar-refractivity contribution in [3.05, 3.63) is 33.8 Å². The summed E-state index contributed by atoms with van der Waals surface area (Å²) in [6, 6.07) is 5.62. The number of fused-ring (bicyclic) bond motifs is 2. The molecule has 0 aromatic heterocycles. The first-order valence-electron chi connectivity index (χ1n) is 7.16. The van der Waals surface area contributed by atoms with Crippen LogP contribution in [0.5, 0.6) is 0 Å². The smallest absolute Gasteiger partial charge is 0.129 e. The Morgan fingerprint density at radius 3 is 2.45 bits per heavy atom. The molecule has 4 aliphatic rings.